The molecular formula is C21H23N3O3. The minimum Gasteiger partial charge on any atom is -0.497 e. The highest BCUT2D eigenvalue weighted by molar-refractivity contribution is 6.07. The van der Waals surface area contributed by atoms with Crippen molar-refractivity contribution in [2.24, 2.45) is 0 Å². The highest BCUT2D eigenvalue weighted by Crippen LogP contribution is 2.30. The molecule has 6 nitrogen and oxygen atoms in total. The lowest BCUT2D eigenvalue weighted by molar-refractivity contribution is -0.113. The van der Waals surface area contributed by atoms with Crippen LogP contribution in [0.5, 0.6) is 5.75 Å². The summed E-state index contributed by atoms with van der Waals surface area (Å²) in [5.74, 6) is 0.397. The molecule has 0 fully saturated rings. The average Bonchev–Trinajstić information content (AvgIpc) is 2.64. The highest BCUT2D eigenvalue weighted by atomic mass is 16.5. The SMILES string of the molecule is COc1cccc([C@H]2NC(=O)NC(C)=C2C(=O)Nc2cc(C)ccc2C)c1. The van der Waals surface area contributed by atoms with Crippen LogP contribution < -0.4 is 20.7 Å². The molecule has 0 aliphatic carbocycles. The van der Waals surface area contributed by atoms with Crippen LogP contribution in [0.3, 0.4) is 0 Å². The zero-order valence-electron chi connectivity index (χ0n) is 15.8. The number of carbonyl (C=O) groups is 2. The van der Waals surface area contributed by atoms with Crippen molar-refractivity contribution < 1.29 is 14.3 Å². The van der Waals surface area contributed by atoms with Gasteiger partial charge in [0.15, 0.2) is 0 Å². The Morgan fingerprint density at radius 3 is 2.63 bits per heavy atom. The van der Waals surface area contributed by atoms with Gasteiger partial charge in [-0.05, 0) is 55.7 Å². The Bertz CT molecular complexity index is 934. The van der Waals surface area contributed by atoms with E-state index in [4.69, 9.17) is 4.74 Å². The fraction of sp³-hybridized carbons (Fsp3) is 0.238. The number of carbonyl (C=O) groups excluding carboxylic acids is 2. The van der Waals surface area contributed by atoms with Crippen molar-refractivity contribution in [3.05, 3.63) is 70.4 Å². The molecular weight excluding hydrogens is 342 g/mol. The number of hydrogen-bond donors (Lipinski definition) is 3. The van der Waals surface area contributed by atoms with Crippen LogP contribution in [0.1, 0.15) is 29.7 Å². The third kappa shape index (κ3) is 3.95. The minimum absolute atomic E-state index is 0.262. The van der Waals surface area contributed by atoms with Crippen molar-refractivity contribution in [2.45, 2.75) is 26.8 Å². The molecule has 6 heteroatoms. The summed E-state index contributed by atoms with van der Waals surface area (Å²) in [5.41, 5.74) is 4.54. The fourth-order valence-electron chi connectivity index (χ4n) is 3.13. The number of rotatable bonds is 4. The number of amides is 3. The predicted octanol–water partition coefficient (Wildman–Crippen LogP) is 3.58. The summed E-state index contributed by atoms with van der Waals surface area (Å²) >= 11 is 0. The first kappa shape index (κ1) is 18.5. The molecule has 0 aromatic heterocycles. The zero-order valence-corrected chi connectivity index (χ0v) is 15.8. The molecule has 2 aromatic carbocycles. The van der Waals surface area contributed by atoms with Crippen molar-refractivity contribution in [1.29, 1.82) is 0 Å². The number of methoxy groups -OCH3 is 1. The van der Waals surface area contributed by atoms with Crippen LogP contribution in [-0.4, -0.2) is 19.0 Å². The predicted molar refractivity (Wildman–Crippen MR) is 105 cm³/mol. The fourth-order valence-corrected chi connectivity index (χ4v) is 3.13. The number of benzene rings is 2. The smallest absolute Gasteiger partial charge is 0.319 e. The lowest BCUT2D eigenvalue weighted by Crippen LogP contribution is -2.46. The molecule has 0 bridgehead atoms. The van der Waals surface area contributed by atoms with Crippen molar-refractivity contribution in [3.63, 3.8) is 0 Å². The first-order valence-electron chi connectivity index (χ1n) is 8.70. The van der Waals surface area contributed by atoms with Crippen molar-refractivity contribution in [2.75, 3.05) is 12.4 Å². The van der Waals surface area contributed by atoms with Crippen LogP contribution in [0.25, 0.3) is 0 Å². The zero-order chi connectivity index (χ0) is 19.6. The average molecular weight is 365 g/mol. The van der Waals surface area contributed by atoms with Crippen LogP contribution in [0.15, 0.2) is 53.7 Å². The number of aryl methyl sites for hydroxylation is 2. The molecule has 0 saturated heterocycles. The van der Waals surface area contributed by atoms with E-state index in [0.29, 0.717) is 17.0 Å². The maximum atomic E-state index is 13.1. The van der Waals surface area contributed by atoms with Crippen LogP contribution in [0, 0.1) is 13.8 Å². The normalized spacial score (nSPS) is 16.4. The van der Waals surface area contributed by atoms with Gasteiger partial charge in [-0.25, -0.2) is 4.79 Å². The summed E-state index contributed by atoms with van der Waals surface area (Å²) in [5, 5.41) is 8.50. The molecule has 1 atom stereocenters. The number of urea groups is 1. The number of allylic oxidation sites excluding steroid dienone is 1. The first-order valence-corrected chi connectivity index (χ1v) is 8.70. The molecule has 0 saturated carbocycles. The summed E-state index contributed by atoms with van der Waals surface area (Å²) in [7, 11) is 1.58. The molecule has 1 heterocycles. The second-order valence-electron chi connectivity index (χ2n) is 6.62. The van der Waals surface area contributed by atoms with Gasteiger partial charge in [0, 0.05) is 11.4 Å². The summed E-state index contributed by atoms with van der Waals surface area (Å²) in [4.78, 5) is 25.1. The van der Waals surface area contributed by atoms with Gasteiger partial charge >= 0.3 is 6.03 Å². The largest absolute Gasteiger partial charge is 0.497 e. The first-order chi connectivity index (χ1) is 12.9. The highest BCUT2D eigenvalue weighted by Gasteiger charge is 2.31. The van der Waals surface area contributed by atoms with Gasteiger partial charge in [0.05, 0.1) is 18.7 Å². The van der Waals surface area contributed by atoms with E-state index in [1.807, 2.05) is 56.3 Å². The lowest BCUT2D eigenvalue weighted by Gasteiger charge is -2.29. The molecule has 27 heavy (non-hydrogen) atoms. The van der Waals surface area contributed by atoms with E-state index in [-0.39, 0.29) is 11.9 Å². The molecule has 0 unspecified atom stereocenters. The number of nitrogens with one attached hydrogen (secondary N) is 3. The molecule has 1 aliphatic rings. The third-order valence-electron chi connectivity index (χ3n) is 4.58. The van der Waals surface area contributed by atoms with Crippen LogP contribution in [0.2, 0.25) is 0 Å². The second-order valence-corrected chi connectivity index (χ2v) is 6.62. The lowest BCUT2D eigenvalue weighted by atomic mass is 9.94. The Morgan fingerprint density at radius 1 is 1.11 bits per heavy atom. The number of anilines is 1. The van der Waals surface area contributed by atoms with E-state index in [2.05, 4.69) is 16.0 Å². The topological polar surface area (TPSA) is 79.5 Å². The van der Waals surface area contributed by atoms with Gasteiger partial charge in [0.2, 0.25) is 0 Å². The Hall–Kier alpha value is -3.28. The van der Waals surface area contributed by atoms with Gasteiger partial charge in [-0.2, -0.15) is 0 Å². The van der Waals surface area contributed by atoms with Crippen molar-refractivity contribution in [3.8, 4) is 5.75 Å². The van der Waals surface area contributed by atoms with Gasteiger partial charge in [0.1, 0.15) is 5.75 Å². The van der Waals surface area contributed by atoms with Gasteiger partial charge < -0.3 is 20.7 Å². The number of ether oxygens (including phenoxy) is 1. The van der Waals surface area contributed by atoms with Crippen LogP contribution in [-0.2, 0) is 4.79 Å². The summed E-state index contributed by atoms with van der Waals surface area (Å²) < 4.78 is 5.27. The van der Waals surface area contributed by atoms with Crippen LogP contribution >= 0.6 is 0 Å². The van der Waals surface area contributed by atoms with E-state index >= 15 is 0 Å². The minimum atomic E-state index is -0.570. The number of hydrogen-bond acceptors (Lipinski definition) is 3. The molecule has 3 amide bonds. The molecule has 140 valence electrons. The maximum Gasteiger partial charge on any atom is 0.319 e. The molecule has 0 radical (unpaired) electrons. The standard InChI is InChI=1S/C21H23N3O3/c1-12-8-9-13(2)17(10-12)23-20(25)18-14(3)22-21(26)24-19(18)15-6-5-7-16(11-15)27-4/h5-11,19H,1-4H3,(H,23,25)(H2,22,24,26)/t19-/m1/s1. The van der Waals surface area contributed by atoms with E-state index in [1.165, 1.54) is 0 Å². The monoisotopic (exact) mass is 365 g/mol. The second kappa shape index (κ2) is 7.53. The van der Waals surface area contributed by atoms with Gasteiger partial charge in [-0.3, -0.25) is 4.79 Å². The van der Waals surface area contributed by atoms with Gasteiger partial charge in [-0.1, -0.05) is 24.3 Å². The Kier molecular flexibility index (Phi) is 5.16. The molecule has 1 aliphatic heterocycles. The summed E-state index contributed by atoms with van der Waals surface area (Å²) in [6.45, 7) is 5.64. The molecule has 3 rings (SSSR count). The van der Waals surface area contributed by atoms with Crippen molar-refractivity contribution >= 4 is 17.6 Å². The van der Waals surface area contributed by atoms with E-state index < -0.39 is 6.04 Å². The molecule has 3 N–H and O–H groups in total. The molecule has 2 aromatic rings. The summed E-state index contributed by atoms with van der Waals surface area (Å²) in [6.07, 6.45) is 0. The molecule has 0 spiro atoms. The van der Waals surface area contributed by atoms with E-state index in [1.54, 1.807) is 14.0 Å². The quantitative estimate of drug-likeness (QED) is 0.775. The Morgan fingerprint density at radius 2 is 1.89 bits per heavy atom. The Labute approximate surface area is 158 Å². The Balaban J connectivity index is 1.98. The van der Waals surface area contributed by atoms with Crippen molar-refractivity contribution in [1.82, 2.24) is 10.6 Å². The van der Waals surface area contributed by atoms with Gasteiger partial charge in [-0.15, -0.1) is 0 Å². The maximum absolute atomic E-state index is 13.1. The summed E-state index contributed by atoms with van der Waals surface area (Å²) in [6, 6.07) is 12.3. The van der Waals surface area contributed by atoms with Gasteiger partial charge in [0.25, 0.3) is 5.91 Å². The van der Waals surface area contributed by atoms with E-state index in [9.17, 15) is 9.59 Å². The third-order valence-corrected chi connectivity index (χ3v) is 4.58. The van der Waals surface area contributed by atoms with Crippen LogP contribution in [0.4, 0.5) is 10.5 Å². The van der Waals surface area contributed by atoms with E-state index in [0.717, 1.165) is 22.4 Å².